The molecule has 0 fully saturated rings. The predicted molar refractivity (Wildman–Crippen MR) is 498 cm³/mol. The van der Waals surface area contributed by atoms with Gasteiger partial charge >= 0.3 is 0 Å². The summed E-state index contributed by atoms with van der Waals surface area (Å²) in [6.45, 7) is 54.0. The predicted octanol–water partition coefficient (Wildman–Crippen LogP) is 17.7. The number of nitrogens with zero attached hydrogens (tertiary/aromatic N) is 12. The second-order valence-electron chi connectivity index (χ2n) is 37.0. The number of nitriles is 2. The molecule has 2 aliphatic heterocycles. The molecule has 666 valence electrons. The number of likely N-dealkylation sites (N-methyl/N-ethyl adjacent to an activating group) is 1. The Morgan fingerprint density at radius 1 is 0.452 bits per heavy atom. The average Bonchev–Trinajstić information content (AvgIpc) is 1.63. The first-order valence-corrected chi connectivity index (χ1v) is 54.0. The number of H-pyrrole nitrogens is 1. The number of pyridine rings is 5. The summed E-state index contributed by atoms with van der Waals surface area (Å²) in [7, 11) is -5.60. The molecule has 12 rings (SSSR count). The van der Waals surface area contributed by atoms with Crippen LogP contribution in [0.5, 0.6) is 0 Å². The monoisotopic (exact) mass is 1760 g/mol. The lowest BCUT2D eigenvalue weighted by Crippen LogP contribution is -2.41. The number of aromatic amines is 1. The number of aryl methyl sites for hydroxylation is 4. The van der Waals surface area contributed by atoms with Gasteiger partial charge < -0.3 is 56.9 Å². The summed E-state index contributed by atoms with van der Waals surface area (Å²) in [5.74, 6) is -4.44. The number of carbonyl (C=O) groups excluding carboxylic acids is 7. The van der Waals surface area contributed by atoms with Crippen molar-refractivity contribution in [3.05, 3.63) is 162 Å². The minimum absolute atomic E-state index is 0.000673. The first-order valence-electron chi connectivity index (χ1n) is 42.3. The molecule has 6 N–H and O–H groups in total. The van der Waals surface area contributed by atoms with Gasteiger partial charge in [0.25, 0.3) is 23.6 Å². The molecule has 0 bridgehead atoms. The molecule has 124 heavy (non-hydrogen) atoms. The van der Waals surface area contributed by atoms with Crippen LogP contribution in [0.2, 0.25) is 72.5 Å². The van der Waals surface area contributed by atoms with Gasteiger partial charge in [-0.15, -0.1) is 0 Å². The smallest absolute Gasteiger partial charge is 0.296 e. The number of imide groups is 2. The molecule has 32 heteroatoms. The number of aromatic nitrogens is 10. The highest BCUT2D eigenvalue weighted by Crippen LogP contribution is 2.41. The van der Waals surface area contributed by atoms with Crippen molar-refractivity contribution in [1.29, 1.82) is 10.5 Å². The van der Waals surface area contributed by atoms with E-state index in [9.17, 15) is 43.8 Å². The highest BCUT2D eigenvalue weighted by molar-refractivity contribution is 6.75. The van der Waals surface area contributed by atoms with Crippen molar-refractivity contribution in [1.82, 2.24) is 58.4 Å². The Kier molecular flexibility index (Phi) is 34.7. The third-order valence-electron chi connectivity index (χ3n) is 24.1. The van der Waals surface area contributed by atoms with E-state index in [1.807, 2.05) is 70.1 Å². The maximum Gasteiger partial charge on any atom is 0.296 e. The van der Waals surface area contributed by atoms with Crippen molar-refractivity contribution in [2.75, 3.05) is 33.5 Å². The van der Waals surface area contributed by atoms with E-state index in [0.29, 0.717) is 74.4 Å². The van der Waals surface area contributed by atoms with Gasteiger partial charge in [0, 0.05) is 173 Å². The van der Waals surface area contributed by atoms with Gasteiger partial charge in [0.1, 0.15) is 28.2 Å². The standard InChI is InChI=1S/C21H29N3O4Si.C20H27N3O4Si.C18H29N3O2Si.C18H27N3OSi.C9H7N3.C6H10O2/c1-21(2,3)29(5,6)28-12-8-11-24-13-15(14-9-7-10-22-18(14)24)16-17(25)20(27)23(4)19(16)26;1-20(2,3)28(4,5)27-11-7-10-23-12-14(13-8-6-9-21-17(13)23)15-16(24)19(26)22-18(15)25;1-18(2,3)24(4,5)23-11-7-10-21-13-14(12-16(19)22)15-8-6-9-20-17(15)21;1-18(2,3)23(4,5)22-13-7-12-21-14-15(9-10-19)16-8-6-11-20-17(16)21;10-4-3-7-6-12-9-8(7)2-1-5-11-9;1-3-5(7)6(8)4-2/h7,9-10,13,25H,8,11-12H2,1-6H3;6,8-9,12H,7,10-11H2,1-5H3,(H2,22,24,25,26);6,8-9,13H,7,10-12H2,1-5H3,(H2,19,22);6,8,11,14H,7,9,12-13H2,1-5H3;1-2,5-6H,3H2,(H,11,12);3-4H2,1-2H3. The normalized spacial score (nSPS) is 13.5. The SMILES string of the molecule is CC(C)(C)[Si](C)(C)OCCCn1cc(C2=C(O)C(=O)NC2=O)c2cccnc21.CC(C)(C)[Si](C)(C)OCCCn1cc(CC#N)c2cccnc21.CC(C)(C)[Si](C)(C)OCCCn1cc(CC(N)=O)c2cccnc21.CCC(=O)C(=O)CC.CN1C(=O)C(O)=C(c2cn(CCCO[Si](C)(C)C(C)(C)C)c3ncccc23)C1=O.N#CCc1c[nH]c2ncccc12. The first-order chi connectivity index (χ1) is 58.0. The average molecular weight is 1770 g/mol. The third-order valence-corrected chi connectivity index (χ3v) is 42.2. The Morgan fingerprint density at radius 2 is 0.782 bits per heavy atom. The Labute approximate surface area is 733 Å². The van der Waals surface area contributed by atoms with Crippen LogP contribution in [0.15, 0.2) is 134 Å². The number of primary amides is 1. The maximum atomic E-state index is 12.5. The number of ketones is 2. The molecular weight excluding hydrogens is 1640 g/mol. The summed E-state index contributed by atoms with van der Waals surface area (Å²) < 4.78 is 33.1. The van der Waals surface area contributed by atoms with Crippen LogP contribution in [0.3, 0.4) is 0 Å². The largest absolute Gasteiger partial charge is 0.502 e. The first kappa shape index (κ1) is 100. The van der Waals surface area contributed by atoms with Gasteiger partial charge in [-0.1, -0.05) is 96.9 Å². The molecule has 0 saturated heterocycles. The fourth-order valence-electron chi connectivity index (χ4n) is 12.6. The Morgan fingerprint density at radius 3 is 1.12 bits per heavy atom. The number of amides is 5. The number of nitrogens with two attached hydrogens (primary N) is 1. The van der Waals surface area contributed by atoms with Gasteiger partial charge in [0.15, 0.2) is 56.4 Å². The van der Waals surface area contributed by atoms with Crippen molar-refractivity contribution in [2.24, 2.45) is 5.73 Å². The summed E-state index contributed by atoms with van der Waals surface area (Å²) in [6.07, 6.45) is 23.4. The molecule has 5 amide bonds. The molecule has 0 atom stereocenters. The van der Waals surface area contributed by atoms with E-state index < -0.39 is 68.4 Å². The van der Waals surface area contributed by atoms with Gasteiger partial charge in [-0.05, 0) is 176 Å². The van der Waals surface area contributed by atoms with Crippen LogP contribution in [-0.4, -0.2) is 171 Å². The summed E-state index contributed by atoms with van der Waals surface area (Å²) >= 11 is 0. The Hall–Kier alpha value is -10.7. The van der Waals surface area contributed by atoms with Crippen LogP contribution in [0.1, 0.15) is 163 Å². The molecule has 0 radical (unpaired) electrons. The van der Waals surface area contributed by atoms with Gasteiger partial charge in [0.2, 0.25) is 5.91 Å². The van der Waals surface area contributed by atoms with E-state index in [1.165, 1.54) is 7.05 Å². The van der Waals surface area contributed by atoms with Crippen LogP contribution in [0.25, 0.3) is 66.3 Å². The zero-order valence-electron chi connectivity index (χ0n) is 76.9. The van der Waals surface area contributed by atoms with E-state index in [2.05, 4.69) is 198 Å². The van der Waals surface area contributed by atoms with E-state index in [1.54, 1.807) is 69.4 Å². The number of rotatable bonds is 29. The molecular formula is C92H129N15O13Si4. The molecule has 0 spiro atoms. The van der Waals surface area contributed by atoms with Crippen LogP contribution in [-0.2, 0) is 96.7 Å². The lowest BCUT2D eigenvalue weighted by Gasteiger charge is -2.36. The van der Waals surface area contributed by atoms with Gasteiger partial charge in [0.05, 0.1) is 42.5 Å². The van der Waals surface area contributed by atoms with Crippen molar-refractivity contribution in [2.45, 2.75) is 253 Å². The van der Waals surface area contributed by atoms with E-state index in [-0.39, 0.29) is 55.2 Å². The number of carbonyl (C=O) groups is 7. The summed E-state index contributed by atoms with van der Waals surface area (Å²) in [5, 5.41) is 45.2. The number of hydrogen-bond acceptors (Lipinski definition) is 20. The fourth-order valence-corrected chi connectivity index (χ4v) is 16.9. The van der Waals surface area contributed by atoms with Crippen LogP contribution in [0, 0.1) is 22.7 Å². The zero-order valence-corrected chi connectivity index (χ0v) is 80.9. The van der Waals surface area contributed by atoms with Crippen LogP contribution in [0.4, 0.5) is 0 Å². The van der Waals surface area contributed by atoms with Gasteiger partial charge in [-0.2, -0.15) is 10.5 Å². The Bertz CT molecular complexity index is 5590. The van der Waals surface area contributed by atoms with E-state index in [0.717, 1.165) is 117 Å². The van der Waals surface area contributed by atoms with Crippen molar-refractivity contribution >= 4 is 141 Å². The molecule has 0 aromatic carbocycles. The minimum atomic E-state index is -1.80. The Balaban J connectivity index is 0.000000212. The van der Waals surface area contributed by atoms with Crippen molar-refractivity contribution in [3.8, 4) is 12.1 Å². The number of aliphatic hydroxyl groups excluding tert-OH is 2. The molecule has 0 aliphatic carbocycles. The lowest BCUT2D eigenvalue weighted by atomic mass is 10.1. The molecule has 28 nitrogen and oxygen atoms in total. The number of aliphatic hydroxyl groups is 2. The third kappa shape index (κ3) is 25.3. The van der Waals surface area contributed by atoms with Gasteiger partial charge in [-0.3, -0.25) is 43.8 Å². The number of nitrogens with one attached hydrogen (secondary N) is 2. The summed E-state index contributed by atoms with van der Waals surface area (Å²) in [5.41, 5.74) is 13.6. The van der Waals surface area contributed by atoms with Crippen LogP contribution < -0.4 is 11.1 Å². The fraction of sp³-hybridized carbons (Fsp3) is 0.478. The molecule has 10 aromatic rings. The highest BCUT2D eigenvalue weighted by atomic mass is 28.4. The second-order valence-corrected chi connectivity index (χ2v) is 56.2. The molecule has 0 unspecified atom stereocenters. The number of Topliss-reactive ketones (excluding diaryl/α,β-unsaturated/α-hetero) is 2. The topological polar surface area (TPSA) is 386 Å². The molecule has 0 saturated carbocycles. The van der Waals surface area contributed by atoms with Crippen molar-refractivity contribution < 1.29 is 61.5 Å². The van der Waals surface area contributed by atoms with Gasteiger partial charge in [-0.25, -0.2) is 24.9 Å². The number of fused-ring (bicyclic) bond motifs is 5. The second kappa shape index (κ2) is 42.8. The minimum Gasteiger partial charge on any atom is -0.502 e. The molecule has 2 aliphatic rings. The summed E-state index contributed by atoms with van der Waals surface area (Å²) in [6, 6.07) is 23.2. The maximum absolute atomic E-state index is 12.5. The van der Waals surface area contributed by atoms with E-state index in [4.69, 9.17) is 34.0 Å². The lowest BCUT2D eigenvalue weighted by molar-refractivity contribution is -0.136. The van der Waals surface area contributed by atoms with Crippen LogP contribution >= 0.6 is 0 Å². The molecule has 12 heterocycles. The quantitative estimate of drug-likeness (QED) is 0.0126. The molecule has 10 aromatic heterocycles. The summed E-state index contributed by atoms with van der Waals surface area (Å²) in [4.78, 5) is 106. The van der Waals surface area contributed by atoms with Crippen molar-refractivity contribution in [3.63, 3.8) is 0 Å². The zero-order chi connectivity index (χ0) is 92.3. The van der Waals surface area contributed by atoms with E-state index >= 15 is 0 Å². The number of hydrogen-bond donors (Lipinski definition) is 5. The highest BCUT2D eigenvalue weighted by Gasteiger charge is 2.42.